The zero-order valence-corrected chi connectivity index (χ0v) is 14.5. The van der Waals surface area contributed by atoms with Crippen LogP contribution in [0.15, 0.2) is 53.3 Å². The molecule has 24 heavy (non-hydrogen) atoms. The molecular formula is C17H15Cl2N3O2. The fourth-order valence-corrected chi connectivity index (χ4v) is 2.54. The van der Waals surface area contributed by atoms with Gasteiger partial charge < -0.3 is 4.74 Å². The van der Waals surface area contributed by atoms with E-state index in [0.717, 1.165) is 0 Å². The van der Waals surface area contributed by atoms with Crippen LogP contribution in [-0.4, -0.2) is 21.0 Å². The molecule has 3 aromatic rings. The minimum Gasteiger partial charge on any atom is -0.492 e. The van der Waals surface area contributed by atoms with Crippen LogP contribution in [0.3, 0.4) is 0 Å². The molecule has 1 heterocycles. The van der Waals surface area contributed by atoms with E-state index in [9.17, 15) is 4.79 Å². The molecule has 0 aliphatic rings. The van der Waals surface area contributed by atoms with Gasteiger partial charge in [-0.2, -0.15) is 9.78 Å². The highest BCUT2D eigenvalue weighted by Crippen LogP contribution is 2.15. The average Bonchev–Trinajstić information content (AvgIpc) is 2.85. The average molecular weight is 364 g/mol. The van der Waals surface area contributed by atoms with Crippen molar-refractivity contribution in [3.63, 3.8) is 0 Å². The van der Waals surface area contributed by atoms with Gasteiger partial charge in [0.25, 0.3) is 0 Å². The van der Waals surface area contributed by atoms with Gasteiger partial charge in [0, 0.05) is 10.0 Å². The molecule has 0 spiro atoms. The first-order valence-corrected chi connectivity index (χ1v) is 8.11. The van der Waals surface area contributed by atoms with Crippen molar-refractivity contribution < 1.29 is 4.74 Å². The highest BCUT2D eigenvalue weighted by Gasteiger charge is 2.11. The maximum Gasteiger partial charge on any atom is 0.350 e. The van der Waals surface area contributed by atoms with Crippen molar-refractivity contribution in [3.05, 3.63) is 74.9 Å². The minimum atomic E-state index is -0.213. The van der Waals surface area contributed by atoms with Crippen molar-refractivity contribution in [1.29, 1.82) is 0 Å². The number of benzene rings is 2. The number of halogens is 2. The normalized spacial score (nSPS) is 10.8. The molecule has 0 saturated heterocycles. The van der Waals surface area contributed by atoms with E-state index < -0.39 is 0 Å². The molecule has 0 aliphatic carbocycles. The Morgan fingerprint density at radius 1 is 1.00 bits per heavy atom. The molecule has 1 aromatic heterocycles. The quantitative estimate of drug-likeness (QED) is 0.693. The van der Waals surface area contributed by atoms with Crippen LogP contribution in [0, 0.1) is 6.92 Å². The largest absolute Gasteiger partial charge is 0.492 e. The summed E-state index contributed by atoms with van der Waals surface area (Å²) in [5.74, 6) is 1.32. The van der Waals surface area contributed by atoms with E-state index in [4.69, 9.17) is 27.9 Å². The van der Waals surface area contributed by atoms with Crippen LogP contribution in [0.1, 0.15) is 5.82 Å². The SMILES string of the molecule is Cc1nn(-c2ccc(Cl)cc2)c(=O)n1CCOc1ccc(Cl)cc1. The Morgan fingerprint density at radius 3 is 2.21 bits per heavy atom. The topological polar surface area (TPSA) is 49.0 Å². The van der Waals surface area contributed by atoms with E-state index in [2.05, 4.69) is 5.10 Å². The van der Waals surface area contributed by atoms with Crippen LogP contribution in [0.4, 0.5) is 0 Å². The Hall–Kier alpha value is -2.24. The van der Waals surface area contributed by atoms with Crippen molar-refractivity contribution in [3.8, 4) is 11.4 Å². The predicted octanol–water partition coefficient (Wildman–Crippen LogP) is 3.73. The summed E-state index contributed by atoms with van der Waals surface area (Å²) in [6.45, 7) is 2.55. The van der Waals surface area contributed by atoms with Gasteiger partial charge in [-0.3, -0.25) is 4.57 Å². The molecule has 5 nitrogen and oxygen atoms in total. The molecule has 124 valence electrons. The maximum atomic E-state index is 12.5. The van der Waals surface area contributed by atoms with E-state index in [0.29, 0.717) is 40.5 Å². The molecular weight excluding hydrogens is 349 g/mol. The molecule has 0 fully saturated rings. The highest BCUT2D eigenvalue weighted by atomic mass is 35.5. The molecule has 0 bridgehead atoms. The molecule has 0 aliphatic heterocycles. The highest BCUT2D eigenvalue weighted by molar-refractivity contribution is 6.30. The smallest absolute Gasteiger partial charge is 0.350 e. The summed E-state index contributed by atoms with van der Waals surface area (Å²) < 4.78 is 8.56. The molecule has 0 N–H and O–H groups in total. The summed E-state index contributed by atoms with van der Waals surface area (Å²) in [5, 5.41) is 5.56. The fraction of sp³-hybridized carbons (Fsp3) is 0.176. The zero-order chi connectivity index (χ0) is 17.1. The van der Waals surface area contributed by atoms with Gasteiger partial charge in [0.2, 0.25) is 0 Å². The van der Waals surface area contributed by atoms with Crippen molar-refractivity contribution >= 4 is 23.2 Å². The summed E-state index contributed by atoms with van der Waals surface area (Å²) in [7, 11) is 0. The predicted molar refractivity (Wildman–Crippen MR) is 94.5 cm³/mol. The van der Waals surface area contributed by atoms with Gasteiger partial charge in [0.1, 0.15) is 18.2 Å². The van der Waals surface area contributed by atoms with Crippen LogP contribution in [0.25, 0.3) is 5.69 Å². The van der Waals surface area contributed by atoms with Gasteiger partial charge >= 0.3 is 5.69 Å². The summed E-state index contributed by atoms with van der Waals surface area (Å²) in [5.41, 5.74) is 0.458. The van der Waals surface area contributed by atoms with Crippen LogP contribution in [0.5, 0.6) is 5.75 Å². The first-order chi connectivity index (χ1) is 11.5. The third-order valence-corrected chi connectivity index (χ3v) is 4.02. The summed E-state index contributed by atoms with van der Waals surface area (Å²) in [4.78, 5) is 12.5. The first kappa shape index (κ1) is 16.6. The lowest BCUT2D eigenvalue weighted by Gasteiger charge is -2.07. The van der Waals surface area contributed by atoms with Gasteiger partial charge in [0.15, 0.2) is 0 Å². The Bertz CT molecular complexity index is 884. The van der Waals surface area contributed by atoms with Crippen molar-refractivity contribution in [1.82, 2.24) is 14.3 Å². The van der Waals surface area contributed by atoms with Crippen LogP contribution >= 0.6 is 23.2 Å². The standard InChI is InChI=1S/C17H15Cl2N3O2/c1-12-20-22(15-6-2-13(18)3-7-15)17(23)21(12)10-11-24-16-8-4-14(19)5-9-16/h2-9H,10-11H2,1H3. The molecule has 7 heteroatoms. The monoisotopic (exact) mass is 363 g/mol. The second-order valence-electron chi connectivity index (χ2n) is 5.17. The van der Waals surface area contributed by atoms with Crippen molar-refractivity contribution in [2.45, 2.75) is 13.5 Å². The van der Waals surface area contributed by atoms with Crippen LogP contribution in [0.2, 0.25) is 10.0 Å². The number of hydrogen-bond acceptors (Lipinski definition) is 3. The first-order valence-electron chi connectivity index (χ1n) is 7.35. The van der Waals surface area contributed by atoms with Crippen LogP contribution in [-0.2, 0) is 6.54 Å². The van der Waals surface area contributed by atoms with E-state index >= 15 is 0 Å². The van der Waals surface area contributed by atoms with E-state index in [-0.39, 0.29) is 5.69 Å². The fourth-order valence-electron chi connectivity index (χ4n) is 2.29. The van der Waals surface area contributed by atoms with Gasteiger partial charge in [-0.1, -0.05) is 23.2 Å². The number of hydrogen-bond donors (Lipinski definition) is 0. The Morgan fingerprint density at radius 2 is 1.58 bits per heavy atom. The van der Waals surface area contributed by atoms with E-state index in [1.54, 1.807) is 60.0 Å². The number of rotatable bonds is 5. The third-order valence-electron chi connectivity index (χ3n) is 3.52. The van der Waals surface area contributed by atoms with Gasteiger partial charge in [-0.25, -0.2) is 4.79 Å². The van der Waals surface area contributed by atoms with Crippen molar-refractivity contribution in [2.75, 3.05) is 6.61 Å². The summed E-state index contributed by atoms with van der Waals surface area (Å²) in [6.07, 6.45) is 0. The lowest BCUT2D eigenvalue weighted by Crippen LogP contribution is -2.26. The third kappa shape index (κ3) is 3.63. The molecule has 0 amide bonds. The van der Waals surface area contributed by atoms with Gasteiger partial charge in [0.05, 0.1) is 12.2 Å². The molecule has 3 rings (SSSR count). The molecule has 0 atom stereocenters. The number of nitrogens with zero attached hydrogens (tertiary/aromatic N) is 3. The second-order valence-corrected chi connectivity index (χ2v) is 6.04. The Labute approximate surface area is 149 Å². The molecule has 0 unspecified atom stereocenters. The lowest BCUT2D eigenvalue weighted by atomic mass is 10.3. The summed E-state index contributed by atoms with van der Waals surface area (Å²) >= 11 is 11.7. The van der Waals surface area contributed by atoms with E-state index in [1.807, 2.05) is 0 Å². The molecule has 0 saturated carbocycles. The number of aryl methyl sites for hydroxylation is 1. The van der Waals surface area contributed by atoms with Gasteiger partial charge in [-0.05, 0) is 55.5 Å². The maximum absolute atomic E-state index is 12.5. The lowest BCUT2D eigenvalue weighted by molar-refractivity contribution is 0.295. The Balaban J connectivity index is 1.73. The number of ether oxygens (including phenoxy) is 1. The summed E-state index contributed by atoms with van der Waals surface area (Å²) in [6, 6.07) is 14.0. The van der Waals surface area contributed by atoms with E-state index in [1.165, 1.54) is 4.68 Å². The Kier molecular flexibility index (Phi) is 4.92. The second kappa shape index (κ2) is 7.11. The molecule has 2 aromatic carbocycles. The van der Waals surface area contributed by atoms with Crippen LogP contribution < -0.4 is 10.4 Å². The van der Waals surface area contributed by atoms with Crippen molar-refractivity contribution in [2.24, 2.45) is 0 Å². The minimum absolute atomic E-state index is 0.213. The number of aromatic nitrogens is 3. The van der Waals surface area contributed by atoms with Gasteiger partial charge in [-0.15, -0.1) is 0 Å². The molecule has 0 radical (unpaired) electrons. The zero-order valence-electron chi connectivity index (χ0n) is 12.9.